The Morgan fingerprint density at radius 1 is 0.973 bits per heavy atom. The Kier molecular flexibility index (Phi) is 7.78. The van der Waals surface area contributed by atoms with Gasteiger partial charge in [0.1, 0.15) is 29.3 Å². The SMILES string of the molecule is CC(C)(C)OC(=O)c1c(COc2ccc(-c3cccc(NS(C)(=O)=O)c3)cc2)ccc(C(F)(F)F)c1O. The summed E-state index contributed by atoms with van der Waals surface area (Å²) in [5, 5.41) is 10.3. The first-order valence-electron chi connectivity index (χ1n) is 11.0. The standard InChI is InChI=1S/C26H26F3NO6S/c1-25(2,3)36-24(32)22-18(10-13-21(23(22)31)26(27,28)29)15-35-20-11-8-16(9-12-20)17-6-5-7-19(14-17)30-37(4,33)34/h5-14,30-31H,15H2,1-4H3. The van der Waals surface area contributed by atoms with Crippen molar-refractivity contribution in [3.63, 3.8) is 0 Å². The zero-order chi connectivity index (χ0) is 27.6. The van der Waals surface area contributed by atoms with Gasteiger partial charge in [0.15, 0.2) is 0 Å². The van der Waals surface area contributed by atoms with E-state index < -0.39 is 44.6 Å². The third-order valence-corrected chi connectivity index (χ3v) is 5.53. The van der Waals surface area contributed by atoms with Crippen molar-refractivity contribution in [2.75, 3.05) is 11.0 Å². The smallest absolute Gasteiger partial charge is 0.419 e. The van der Waals surface area contributed by atoms with Crippen LogP contribution in [0.25, 0.3) is 11.1 Å². The molecule has 0 aromatic heterocycles. The van der Waals surface area contributed by atoms with Crippen molar-refractivity contribution in [2.24, 2.45) is 0 Å². The molecule has 0 heterocycles. The zero-order valence-electron chi connectivity index (χ0n) is 20.5. The molecule has 2 N–H and O–H groups in total. The number of carbonyl (C=O) groups is 1. The summed E-state index contributed by atoms with van der Waals surface area (Å²) in [4.78, 5) is 12.7. The first kappa shape index (κ1) is 27.9. The van der Waals surface area contributed by atoms with Gasteiger partial charge in [-0.05, 0) is 62.2 Å². The van der Waals surface area contributed by atoms with E-state index in [0.717, 1.165) is 23.4 Å². The van der Waals surface area contributed by atoms with Gasteiger partial charge in [-0.15, -0.1) is 0 Å². The minimum atomic E-state index is -4.87. The molecule has 0 fully saturated rings. The van der Waals surface area contributed by atoms with Crippen molar-refractivity contribution in [1.29, 1.82) is 0 Å². The second-order valence-corrected chi connectivity index (χ2v) is 11.0. The van der Waals surface area contributed by atoms with Gasteiger partial charge in [0.05, 0.1) is 11.8 Å². The number of esters is 1. The highest BCUT2D eigenvalue weighted by atomic mass is 32.2. The molecule has 0 bridgehead atoms. The summed E-state index contributed by atoms with van der Waals surface area (Å²) in [5.41, 5.74) is -1.06. The number of hydrogen-bond acceptors (Lipinski definition) is 6. The molecule has 198 valence electrons. The molecule has 3 aromatic carbocycles. The van der Waals surface area contributed by atoms with Gasteiger partial charge in [-0.1, -0.05) is 30.3 Å². The van der Waals surface area contributed by atoms with Crippen LogP contribution < -0.4 is 9.46 Å². The van der Waals surface area contributed by atoms with E-state index in [1.807, 2.05) is 0 Å². The van der Waals surface area contributed by atoms with E-state index in [4.69, 9.17) is 9.47 Å². The number of halogens is 3. The molecule has 7 nitrogen and oxygen atoms in total. The second-order valence-electron chi connectivity index (χ2n) is 9.26. The van der Waals surface area contributed by atoms with Crippen molar-refractivity contribution in [1.82, 2.24) is 0 Å². The summed E-state index contributed by atoms with van der Waals surface area (Å²) in [7, 11) is -3.43. The van der Waals surface area contributed by atoms with E-state index in [1.165, 1.54) is 0 Å². The van der Waals surface area contributed by atoms with Crippen molar-refractivity contribution in [3.8, 4) is 22.6 Å². The van der Waals surface area contributed by atoms with Gasteiger partial charge in [0.25, 0.3) is 0 Å². The van der Waals surface area contributed by atoms with Crippen molar-refractivity contribution in [3.05, 3.63) is 77.4 Å². The number of carbonyl (C=O) groups excluding carboxylic acids is 1. The number of anilines is 1. The molecule has 0 aliphatic carbocycles. The number of hydrogen-bond donors (Lipinski definition) is 2. The number of aromatic hydroxyl groups is 1. The zero-order valence-corrected chi connectivity index (χ0v) is 21.3. The molecule has 0 aliphatic rings. The van der Waals surface area contributed by atoms with Crippen LogP contribution in [0.5, 0.6) is 11.5 Å². The van der Waals surface area contributed by atoms with E-state index in [1.54, 1.807) is 69.3 Å². The fourth-order valence-corrected chi connectivity index (χ4v) is 3.98. The maximum Gasteiger partial charge on any atom is 0.419 e. The highest BCUT2D eigenvalue weighted by Gasteiger charge is 2.37. The summed E-state index contributed by atoms with van der Waals surface area (Å²) < 4.78 is 76.2. The Morgan fingerprint density at radius 2 is 1.62 bits per heavy atom. The van der Waals surface area contributed by atoms with Crippen LogP contribution in [0.4, 0.5) is 18.9 Å². The molecule has 3 aromatic rings. The predicted molar refractivity (Wildman–Crippen MR) is 133 cm³/mol. The molecule has 0 saturated heterocycles. The Morgan fingerprint density at radius 3 is 2.19 bits per heavy atom. The van der Waals surface area contributed by atoms with Crippen LogP contribution >= 0.6 is 0 Å². The molecule has 3 rings (SSSR count). The third kappa shape index (κ3) is 7.63. The quantitative estimate of drug-likeness (QED) is 0.360. The number of phenols is 1. The molecular formula is C26H26F3NO6S. The van der Waals surface area contributed by atoms with Crippen LogP contribution in [0.3, 0.4) is 0 Å². The van der Waals surface area contributed by atoms with Gasteiger partial charge >= 0.3 is 12.1 Å². The second kappa shape index (κ2) is 10.3. The average Bonchev–Trinajstić information content (AvgIpc) is 2.75. The number of ether oxygens (including phenoxy) is 2. The number of nitrogens with one attached hydrogen (secondary N) is 1. The first-order valence-corrected chi connectivity index (χ1v) is 12.9. The van der Waals surface area contributed by atoms with E-state index in [9.17, 15) is 31.5 Å². The number of phenolic OH excluding ortho intramolecular Hbond substituents is 1. The Labute approximate surface area is 212 Å². The largest absolute Gasteiger partial charge is 0.506 e. The fraction of sp³-hybridized carbons (Fsp3) is 0.269. The number of sulfonamides is 1. The van der Waals surface area contributed by atoms with E-state index in [0.29, 0.717) is 17.5 Å². The van der Waals surface area contributed by atoms with Gasteiger partial charge in [0.2, 0.25) is 10.0 Å². The molecular weight excluding hydrogens is 511 g/mol. The molecule has 0 amide bonds. The van der Waals surface area contributed by atoms with Gasteiger partial charge in [-0.2, -0.15) is 13.2 Å². The Bertz CT molecular complexity index is 1400. The number of alkyl halides is 3. The van der Waals surface area contributed by atoms with Gasteiger partial charge in [0, 0.05) is 11.3 Å². The van der Waals surface area contributed by atoms with Crippen LogP contribution in [0.15, 0.2) is 60.7 Å². The van der Waals surface area contributed by atoms with E-state index >= 15 is 0 Å². The lowest BCUT2D eigenvalue weighted by Crippen LogP contribution is -2.25. The summed E-state index contributed by atoms with van der Waals surface area (Å²) >= 11 is 0. The van der Waals surface area contributed by atoms with Crippen LogP contribution in [-0.2, 0) is 27.5 Å². The lowest BCUT2D eigenvalue weighted by molar-refractivity contribution is -0.138. The molecule has 0 aliphatic heterocycles. The highest BCUT2D eigenvalue weighted by Crippen LogP contribution is 2.39. The molecule has 11 heteroatoms. The minimum absolute atomic E-state index is 0.0170. The van der Waals surface area contributed by atoms with Crippen LogP contribution in [0.1, 0.15) is 42.3 Å². The molecule has 37 heavy (non-hydrogen) atoms. The van der Waals surface area contributed by atoms with Crippen LogP contribution in [-0.4, -0.2) is 31.4 Å². The summed E-state index contributed by atoms with van der Waals surface area (Å²) in [5.74, 6) is -1.97. The molecule has 0 saturated carbocycles. The van der Waals surface area contributed by atoms with E-state index in [-0.39, 0.29) is 12.2 Å². The monoisotopic (exact) mass is 537 g/mol. The molecule has 0 unspecified atom stereocenters. The third-order valence-electron chi connectivity index (χ3n) is 4.92. The molecule has 0 spiro atoms. The lowest BCUT2D eigenvalue weighted by atomic mass is 10.0. The summed E-state index contributed by atoms with van der Waals surface area (Å²) in [6, 6.07) is 15.2. The fourth-order valence-electron chi connectivity index (χ4n) is 3.42. The van der Waals surface area contributed by atoms with Crippen molar-refractivity contribution in [2.45, 2.75) is 39.2 Å². The van der Waals surface area contributed by atoms with Crippen LogP contribution in [0, 0.1) is 0 Å². The summed E-state index contributed by atoms with van der Waals surface area (Å²) in [6.07, 6.45) is -3.82. The highest BCUT2D eigenvalue weighted by molar-refractivity contribution is 7.92. The Hall–Kier alpha value is -3.73. The molecule has 0 atom stereocenters. The Balaban J connectivity index is 1.84. The average molecular weight is 538 g/mol. The maximum absolute atomic E-state index is 13.3. The molecule has 0 radical (unpaired) electrons. The number of benzene rings is 3. The summed E-state index contributed by atoms with van der Waals surface area (Å²) in [6.45, 7) is 4.36. The van der Waals surface area contributed by atoms with Gasteiger partial charge < -0.3 is 14.6 Å². The predicted octanol–water partition coefficient (Wildman–Crippen LogP) is 5.98. The van der Waals surface area contributed by atoms with Crippen molar-refractivity contribution < 1.29 is 41.0 Å². The lowest BCUT2D eigenvalue weighted by Gasteiger charge is -2.22. The van der Waals surface area contributed by atoms with Gasteiger partial charge in [-0.3, -0.25) is 4.72 Å². The van der Waals surface area contributed by atoms with E-state index in [2.05, 4.69) is 4.72 Å². The maximum atomic E-state index is 13.3. The van der Waals surface area contributed by atoms with Crippen LogP contribution in [0.2, 0.25) is 0 Å². The minimum Gasteiger partial charge on any atom is -0.506 e. The van der Waals surface area contributed by atoms with Crippen molar-refractivity contribution >= 4 is 21.7 Å². The normalized spacial score (nSPS) is 12.2. The number of rotatable bonds is 7. The topological polar surface area (TPSA) is 102 Å². The van der Waals surface area contributed by atoms with Gasteiger partial charge in [-0.25, -0.2) is 13.2 Å². The first-order chi connectivity index (χ1) is 17.0.